The van der Waals surface area contributed by atoms with Gasteiger partial charge in [-0.2, -0.15) is 0 Å². The lowest BCUT2D eigenvalue weighted by molar-refractivity contribution is 0.0933. The number of imidazole rings is 1. The number of carbonyl (C=O) groups is 1. The molecule has 1 saturated carbocycles. The zero-order valence-electron chi connectivity index (χ0n) is 19.6. The van der Waals surface area contributed by atoms with Crippen LogP contribution >= 0.6 is 11.8 Å². The number of halogens is 1. The van der Waals surface area contributed by atoms with Crippen LogP contribution in [0.5, 0.6) is 0 Å². The van der Waals surface area contributed by atoms with Gasteiger partial charge in [0.15, 0.2) is 10.8 Å². The lowest BCUT2D eigenvalue weighted by Gasteiger charge is -2.16. The predicted molar refractivity (Wildman–Crippen MR) is 138 cm³/mol. The van der Waals surface area contributed by atoms with E-state index in [-0.39, 0.29) is 17.8 Å². The van der Waals surface area contributed by atoms with Crippen LogP contribution in [0.15, 0.2) is 72.0 Å². The molecule has 0 spiro atoms. The quantitative estimate of drug-likeness (QED) is 0.243. The van der Waals surface area contributed by atoms with Crippen molar-refractivity contribution in [1.82, 2.24) is 19.9 Å². The van der Waals surface area contributed by atoms with E-state index >= 15 is 0 Å². The first-order valence-corrected chi connectivity index (χ1v) is 13.2. The van der Waals surface area contributed by atoms with Crippen LogP contribution in [-0.4, -0.2) is 26.5 Å². The topological polar surface area (TPSA) is 59.8 Å². The van der Waals surface area contributed by atoms with Gasteiger partial charge in [-0.3, -0.25) is 9.36 Å². The van der Waals surface area contributed by atoms with Crippen LogP contribution in [0.3, 0.4) is 0 Å². The Morgan fingerprint density at radius 2 is 1.77 bits per heavy atom. The molecule has 1 aliphatic carbocycles. The van der Waals surface area contributed by atoms with Crippen molar-refractivity contribution in [2.45, 2.75) is 62.0 Å². The summed E-state index contributed by atoms with van der Waals surface area (Å²) in [6, 6.07) is 18.6. The van der Waals surface area contributed by atoms with Crippen LogP contribution in [-0.2, 0) is 12.3 Å². The van der Waals surface area contributed by atoms with Crippen molar-refractivity contribution in [1.29, 1.82) is 0 Å². The van der Waals surface area contributed by atoms with Crippen molar-refractivity contribution >= 4 is 28.8 Å². The molecule has 2 aromatic heterocycles. The summed E-state index contributed by atoms with van der Waals surface area (Å²) in [5.41, 5.74) is 3.92. The minimum absolute atomic E-state index is 0.00820. The molecule has 5 nitrogen and oxygen atoms in total. The summed E-state index contributed by atoms with van der Waals surface area (Å²) in [4.78, 5) is 21.9. The Hall–Kier alpha value is -3.19. The molecule has 5 rings (SSSR count). The Morgan fingerprint density at radius 3 is 2.54 bits per heavy atom. The molecule has 35 heavy (non-hydrogen) atoms. The van der Waals surface area contributed by atoms with Crippen molar-refractivity contribution < 1.29 is 9.18 Å². The van der Waals surface area contributed by atoms with Crippen molar-refractivity contribution in [2.24, 2.45) is 0 Å². The monoisotopic (exact) mass is 488 g/mol. The molecule has 1 aliphatic rings. The van der Waals surface area contributed by atoms with E-state index in [9.17, 15) is 9.18 Å². The largest absolute Gasteiger partial charge is 0.349 e. The van der Waals surface area contributed by atoms with E-state index in [1.54, 1.807) is 30.1 Å². The Kier molecular flexibility index (Phi) is 7.42. The molecule has 4 aromatic rings. The maximum Gasteiger partial charge on any atom is 0.251 e. The molecule has 0 saturated heterocycles. The van der Waals surface area contributed by atoms with E-state index < -0.39 is 0 Å². The highest BCUT2D eigenvalue weighted by Gasteiger charge is 2.17. The van der Waals surface area contributed by atoms with Crippen molar-refractivity contribution in [3.05, 3.63) is 89.4 Å². The van der Waals surface area contributed by atoms with Gasteiger partial charge >= 0.3 is 0 Å². The first-order valence-electron chi connectivity index (χ1n) is 12.2. The van der Waals surface area contributed by atoms with Gasteiger partial charge in [0, 0.05) is 29.1 Å². The second-order valence-electron chi connectivity index (χ2n) is 9.07. The van der Waals surface area contributed by atoms with Crippen LogP contribution in [0.4, 0.5) is 4.39 Å². The molecule has 1 N–H and O–H groups in total. The number of pyridine rings is 1. The Morgan fingerprint density at radius 1 is 1.00 bits per heavy atom. The second kappa shape index (κ2) is 11.0. The minimum atomic E-state index is -0.237. The number of nitrogens with one attached hydrogen (secondary N) is 1. The summed E-state index contributed by atoms with van der Waals surface area (Å²) in [5.74, 6) is 0.457. The molecule has 180 valence electrons. The molecule has 0 bridgehead atoms. The van der Waals surface area contributed by atoms with Crippen molar-refractivity contribution in [3.8, 4) is 0 Å². The van der Waals surface area contributed by atoms with E-state index in [0.717, 1.165) is 34.7 Å². The molecule has 2 aromatic carbocycles. The van der Waals surface area contributed by atoms with E-state index in [0.29, 0.717) is 23.4 Å². The third-order valence-corrected chi connectivity index (χ3v) is 7.58. The van der Waals surface area contributed by atoms with Gasteiger partial charge in [0.1, 0.15) is 11.3 Å². The molecule has 2 heterocycles. The van der Waals surface area contributed by atoms with Gasteiger partial charge in [-0.15, -0.1) is 0 Å². The lowest BCUT2D eigenvalue weighted by atomic mass is 10.1. The Labute approximate surface area is 209 Å². The summed E-state index contributed by atoms with van der Waals surface area (Å²) in [5, 5.41) is 4.00. The number of hydrogen-bond acceptors (Lipinski definition) is 4. The Bertz CT molecular complexity index is 1300. The third kappa shape index (κ3) is 5.73. The summed E-state index contributed by atoms with van der Waals surface area (Å²) < 4.78 is 16.3. The van der Waals surface area contributed by atoms with Gasteiger partial charge in [-0.25, -0.2) is 14.4 Å². The molecular formula is C28H29FN4OS. The fraction of sp³-hybridized carbons (Fsp3) is 0.321. The molecule has 0 atom stereocenters. The maximum atomic E-state index is 14.3. The predicted octanol–water partition coefficient (Wildman–Crippen LogP) is 6.36. The average Bonchev–Trinajstić information content (AvgIpc) is 3.02. The van der Waals surface area contributed by atoms with Gasteiger partial charge in [0.25, 0.3) is 5.91 Å². The van der Waals surface area contributed by atoms with Gasteiger partial charge in [0.05, 0.1) is 6.54 Å². The molecule has 0 radical (unpaired) electrons. The number of aromatic nitrogens is 3. The van der Waals surface area contributed by atoms with Crippen LogP contribution in [0.1, 0.15) is 60.0 Å². The molecular weight excluding hydrogens is 459 g/mol. The fourth-order valence-electron chi connectivity index (χ4n) is 4.58. The average molecular weight is 489 g/mol. The van der Waals surface area contributed by atoms with E-state index in [1.165, 1.54) is 31.7 Å². The highest BCUT2D eigenvalue weighted by molar-refractivity contribution is 7.98. The molecule has 0 aliphatic heterocycles. The van der Waals surface area contributed by atoms with Gasteiger partial charge < -0.3 is 5.32 Å². The lowest BCUT2D eigenvalue weighted by Crippen LogP contribution is -2.34. The zero-order chi connectivity index (χ0) is 24.0. The summed E-state index contributed by atoms with van der Waals surface area (Å²) in [6.45, 7) is 0.364. The molecule has 0 unspecified atom stereocenters. The van der Waals surface area contributed by atoms with Crippen LogP contribution in [0.25, 0.3) is 11.2 Å². The summed E-state index contributed by atoms with van der Waals surface area (Å²) in [7, 11) is 0. The van der Waals surface area contributed by atoms with E-state index in [1.807, 2.05) is 47.0 Å². The molecule has 1 fully saturated rings. The fourth-order valence-corrected chi connectivity index (χ4v) is 5.54. The number of hydrogen-bond donors (Lipinski definition) is 1. The van der Waals surface area contributed by atoms with Crippen LogP contribution in [0, 0.1) is 5.82 Å². The van der Waals surface area contributed by atoms with Crippen LogP contribution in [0.2, 0.25) is 0 Å². The smallest absolute Gasteiger partial charge is 0.251 e. The van der Waals surface area contributed by atoms with Crippen molar-refractivity contribution in [3.63, 3.8) is 0 Å². The highest BCUT2D eigenvalue weighted by atomic mass is 32.2. The van der Waals surface area contributed by atoms with E-state index in [2.05, 4.69) is 10.3 Å². The number of fused-ring (bicyclic) bond motifs is 1. The van der Waals surface area contributed by atoms with Crippen molar-refractivity contribution in [2.75, 3.05) is 0 Å². The van der Waals surface area contributed by atoms with E-state index in [4.69, 9.17) is 4.98 Å². The number of amides is 1. The minimum Gasteiger partial charge on any atom is -0.349 e. The highest BCUT2D eigenvalue weighted by Crippen LogP contribution is 2.27. The van der Waals surface area contributed by atoms with Gasteiger partial charge in [-0.05, 0) is 48.7 Å². The standard InChI is InChI=1S/C28H29FN4OS/c29-24-11-6-5-8-22(24)18-33-26-25(12-7-17-30-26)32-28(33)35-19-20-13-15-21(16-14-20)27(34)31-23-9-3-1-2-4-10-23/h5-8,11-17,23H,1-4,9-10,18-19H2,(H,31,34). The number of thioether (sulfide) groups is 1. The SMILES string of the molecule is O=C(NC1CCCCCC1)c1ccc(CSc2nc3cccnc3n2Cc2ccccc2F)cc1. The number of benzene rings is 2. The van der Waals surface area contributed by atoms with Gasteiger partial charge in [-0.1, -0.05) is 67.8 Å². The number of nitrogens with zero attached hydrogens (tertiary/aromatic N) is 3. The maximum absolute atomic E-state index is 14.3. The van der Waals surface area contributed by atoms with Gasteiger partial charge in [0.2, 0.25) is 0 Å². The second-order valence-corrected chi connectivity index (χ2v) is 10.0. The summed E-state index contributed by atoms with van der Waals surface area (Å²) >= 11 is 1.58. The molecule has 1 amide bonds. The number of carbonyl (C=O) groups excluding carboxylic acids is 1. The molecule has 7 heteroatoms. The number of rotatable bonds is 7. The first-order chi connectivity index (χ1) is 17.2. The normalized spacial score (nSPS) is 14.7. The summed E-state index contributed by atoms with van der Waals surface area (Å²) in [6.07, 6.45) is 8.80. The third-order valence-electron chi connectivity index (χ3n) is 6.53. The van der Waals surface area contributed by atoms with Crippen LogP contribution < -0.4 is 5.32 Å². The first kappa shape index (κ1) is 23.5. The zero-order valence-corrected chi connectivity index (χ0v) is 20.4. The Balaban J connectivity index is 1.28.